The van der Waals surface area contributed by atoms with E-state index in [2.05, 4.69) is 49.7 Å². The van der Waals surface area contributed by atoms with Gasteiger partial charge in [0.2, 0.25) is 0 Å². The fraction of sp³-hybridized carbons (Fsp3) is 1.00. The SMILES string of the molecule is CCCCCCCCCCCCCCP(I)(CCCCC)(CCCCC)CCCCCCCCCCCCCC. The van der Waals surface area contributed by atoms with E-state index in [0.717, 1.165) is 0 Å². The Balaban J connectivity index is 4.45. The van der Waals surface area contributed by atoms with E-state index in [1.165, 1.54) is 193 Å². The second-order valence-corrected chi connectivity index (χ2v) is 27.5. The summed E-state index contributed by atoms with van der Waals surface area (Å²) >= 11 is 3.20. The van der Waals surface area contributed by atoms with Crippen molar-refractivity contribution in [3.63, 3.8) is 0 Å². The average molecular weight is 695 g/mol. The standard InChI is InChI=1S/C38H80IP/c1-5-9-13-15-17-19-21-23-25-27-29-33-37-40(39,35-31-11-7-3,36-32-12-8-4)38-34-30-28-26-24-22-20-18-16-14-10-6-2/h5-38H2,1-4H3. The van der Waals surface area contributed by atoms with Crippen molar-refractivity contribution in [2.45, 2.75) is 220 Å². The molecular weight excluding hydrogens is 614 g/mol. The van der Waals surface area contributed by atoms with Crippen LogP contribution in [0.25, 0.3) is 0 Å². The van der Waals surface area contributed by atoms with Crippen LogP contribution in [-0.2, 0) is 0 Å². The Kier molecular flexibility index (Phi) is 31.1. The summed E-state index contributed by atoms with van der Waals surface area (Å²) in [4.78, 5) is 0. The van der Waals surface area contributed by atoms with Crippen LogP contribution in [0, 0.1) is 0 Å². The van der Waals surface area contributed by atoms with Gasteiger partial charge in [0.25, 0.3) is 0 Å². The maximum absolute atomic E-state index is 3.20. The van der Waals surface area contributed by atoms with Crippen molar-refractivity contribution in [3.05, 3.63) is 0 Å². The van der Waals surface area contributed by atoms with Crippen LogP contribution in [0.3, 0.4) is 0 Å². The summed E-state index contributed by atoms with van der Waals surface area (Å²) in [6.45, 7) is 9.44. The third-order valence-electron chi connectivity index (χ3n) is 9.78. The minimum atomic E-state index is -1.59. The van der Waals surface area contributed by atoms with Gasteiger partial charge in [-0.1, -0.05) is 26.7 Å². The van der Waals surface area contributed by atoms with E-state index >= 15 is 0 Å². The predicted octanol–water partition coefficient (Wildman–Crippen LogP) is 15.7. The Hall–Kier alpha value is 1.16. The van der Waals surface area contributed by atoms with Crippen molar-refractivity contribution in [2.24, 2.45) is 0 Å². The van der Waals surface area contributed by atoms with Crippen molar-refractivity contribution in [1.29, 1.82) is 0 Å². The summed E-state index contributed by atoms with van der Waals surface area (Å²) in [6, 6.07) is 0. The molecule has 40 heavy (non-hydrogen) atoms. The van der Waals surface area contributed by atoms with Crippen LogP contribution in [0.5, 0.6) is 0 Å². The molecule has 0 atom stereocenters. The van der Waals surface area contributed by atoms with Gasteiger partial charge in [0, 0.05) is 0 Å². The molecule has 0 heterocycles. The third-order valence-corrected chi connectivity index (χ3v) is 21.3. The van der Waals surface area contributed by atoms with Crippen molar-refractivity contribution < 1.29 is 0 Å². The van der Waals surface area contributed by atoms with Gasteiger partial charge in [0.05, 0.1) is 0 Å². The summed E-state index contributed by atoms with van der Waals surface area (Å²) in [6.07, 6.45) is 50.7. The van der Waals surface area contributed by atoms with Crippen molar-refractivity contribution >= 4 is 26.3 Å². The molecule has 0 aliphatic heterocycles. The first kappa shape index (κ1) is 41.2. The Morgan fingerprint density at radius 1 is 0.250 bits per heavy atom. The van der Waals surface area contributed by atoms with Crippen molar-refractivity contribution in [3.8, 4) is 0 Å². The van der Waals surface area contributed by atoms with E-state index in [4.69, 9.17) is 0 Å². The van der Waals surface area contributed by atoms with E-state index in [1.54, 1.807) is 24.6 Å². The molecule has 0 aromatic heterocycles. The summed E-state index contributed by atoms with van der Waals surface area (Å²) in [5.74, 6) is 0. The molecule has 0 aromatic rings. The molecule has 0 radical (unpaired) electrons. The molecule has 0 rings (SSSR count). The van der Waals surface area contributed by atoms with E-state index in [1.807, 2.05) is 0 Å². The molecule has 0 unspecified atom stereocenters. The van der Waals surface area contributed by atoms with Gasteiger partial charge in [-0.15, -0.1) is 0 Å². The van der Waals surface area contributed by atoms with Crippen LogP contribution in [0.15, 0.2) is 0 Å². The molecule has 2 heteroatoms. The smallest absolute Gasteiger partial charge is 0.0654 e. The molecule has 0 aliphatic carbocycles. The molecule has 0 fully saturated rings. The molecule has 0 bridgehead atoms. The Morgan fingerprint density at radius 3 is 0.625 bits per heavy atom. The minimum absolute atomic E-state index is 1.37. The van der Waals surface area contributed by atoms with Gasteiger partial charge in [-0.3, -0.25) is 0 Å². The van der Waals surface area contributed by atoms with E-state index < -0.39 is 4.25 Å². The number of rotatable bonds is 34. The first-order valence-electron chi connectivity index (χ1n) is 19.3. The fourth-order valence-corrected chi connectivity index (χ4v) is 16.4. The summed E-state index contributed by atoms with van der Waals surface area (Å²) in [7, 11) is 0. The molecule has 0 nitrogen and oxygen atoms in total. The van der Waals surface area contributed by atoms with Gasteiger partial charge in [0.15, 0.2) is 0 Å². The normalized spacial score (nSPS) is 13.1. The fourth-order valence-electron chi connectivity index (χ4n) is 6.88. The van der Waals surface area contributed by atoms with Crippen LogP contribution in [0.1, 0.15) is 220 Å². The van der Waals surface area contributed by atoms with E-state index in [9.17, 15) is 0 Å². The maximum atomic E-state index is 3.20. The van der Waals surface area contributed by atoms with Crippen LogP contribution >= 0.6 is 26.3 Å². The topological polar surface area (TPSA) is 0 Å². The Morgan fingerprint density at radius 2 is 0.400 bits per heavy atom. The molecule has 0 aromatic carbocycles. The van der Waals surface area contributed by atoms with Gasteiger partial charge in [-0.05, 0) is 0 Å². The van der Waals surface area contributed by atoms with Crippen LogP contribution in [-0.4, -0.2) is 24.6 Å². The van der Waals surface area contributed by atoms with Crippen LogP contribution in [0.4, 0.5) is 0 Å². The van der Waals surface area contributed by atoms with Gasteiger partial charge >= 0.3 is 245 Å². The number of hydrogen-bond donors (Lipinski definition) is 0. The zero-order valence-electron chi connectivity index (χ0n) is 28.9. The van der Waals surface area contributed by atoms with Gasteiger partial charge in [-0.2, -0.15) is 0 Å². The van der Waals surface area contributed by atoms with Crippen molar-refractivity contribution in [1.82, 2.24) is 0 Å². The Labute approximate surface area is 270 Å². The van der Waals surface area contributed by atoms with E-state index in [0.29, 0.717) is 0 Å². The number of halogens is 1. The molecule has 0 amide bonds. The quantitative estimate of drug-likeness (QED) is 0.0357. The van der Waals surface area contributed by atoms with E-state index in [-0.39, 0.29) is 0 Å². The molecule has 244 valence electrons. The number of unbranched alkanes of at least 4 members (excludes halogenated alkanes) is 26. The molecular formula is C38H80IP. The molecule has 0 spiro atoms. The summed E-state index contributed by atoms with van der Waals surface area (Å²) < 4.78 is -1.59. The monoisotopic (exact) mass is 695 g/mol. The second kappa shape index (κ2) is 30.2. The van der Waals surface area contributed by atoms with Gasteiger partial charge in [-0.25, -0.2) is 0 Å². The van der Waals surface area contributed by atoms with Crippen LogP contribution in [0.2, 0.25) is 0 Å². The summed E-state index contributed by atoms with van der Waals surface area (Å²) in [5.41, 5.74) is 0. The van der Waals surface area contributed by atoms with Gasteiger partial charge in [0.1, 0.15) is 0 Å². The first-order chi connectivity index (χ1) is 19.5. The zero-order chi connectivity index (χ0) is 29.5. The first-order valence-corrected chi connectivity index (χ1v) is 25.0. The Bertz CT molecular complexity index is 448. The number of hydrogen-bond acceptors (Lipinski definition) is 0. The minimum Gasteiger partial charge on any atom is -0.0654 e. The van der Waals surface area contributed by atoms with Gasteiger partial charge < -0.3 is 0 Å². The second-order valence-electron chi connectivity index (χ2n) is 13.9. The summed E-state index contributed by atoms with van der Waals surface area (Å²) in [5, 5.41) is 0. The van der Waals surface area contributed by atoms with Crippen LogP contribution < -0.4 is 0 Å². The molecule has 0 aliphatic rings. The average Bonchev–Trinajstić information content (AvgIpc) is 2.95. The zero-order valence-corrected chi connectivity index (χ0v) is 31.9. The molecule has 0 saturated heterocycles. The molecule has 0 saturated carbocycles. The van der Waals surface area contributed by atoms with Crippen molar-refractivity contribution in [2.75, 3.05) is 24.6 Å². The predicted molar refractivity (Wildman–Crippen MR) is 202 cm³/mol. The third kappa shape index (κ3) is 25.6. The molecule has 0 N–H and O–H groups in total.